The largest absolute Gasteiger partial charge is 0.507 e. The Morgan fingerprint density at radius 2 is 2.00 bits per heavy atom. The van der Waals surface area contributed by atoms with Crippen molar-refractivity contribution >= 4 is 30.2 Å². The molecule has 2 saturated heterocycles. The van der Waals surface area contributed by atoms with Crippen LogP contribution < -0.4 is 0 Å². The SMILES string of the molecule is COC(=O)OCC1C2CC[C@H](C[C@@H]1c1ccc(Cl)cc1)N2C.Cl. The zero-order chi connectivity index (χ0) is 15.7. The van der Waals surface area contributed by atoms with Gasteiger partial charge in [0.05, 0.1) is 13.7 Å². The van der Waals surface area contributed by atoms with E-state index in [0.717, 1.165) is 11.4 Å². The maximum Gasteiger partial charge on any atom is 0.507 e. The van der Waals surface area contributed by atoms with Crippen molar-refractivity contribution < 1.29 is 14.3 Å². The number of nitrogens with zero attached hydrogens (tertiary/aromatic N) is 1. The molecule has 2 unspecified atom stereocenters. The van der Waals surface area contributed by atoms with E-state index in [2.05, 4.69) is 28.8 Å². The Bertz CT molecular complexity index is 537. The monoisotopic (exact) mass is 359 g/mol. The molecule has 0 saturated carbocycles. The highest BCUT2D eigenvalue weighted by Crippen LogP contribution is 2.46. The standard InChI is InChI=1S/C17H22ClNO3.ClH/c1-19-13-7-8-16(19)15(10-22-17(20)21-2)14(9-13)11-3-5-12(18)6-4-11;/h3-6,13-16H,7-10H2,1-2H3;1H/t13-,14-,15?,16?;/m1./s1. The van der Waals surface area contributed by atoms with Gasteiger partial charge in [-0.2, -0.15) is 0 Å². The van der Waals surface area contributed by atoms with Crippen LogP contribution in [0.5, 0.6) is 0 Å². The molecule has 0 N–H and O–H groups in total. The van der Waals surface area contributed by atoms with Gasteiger partial charge in [0.1, 0.15) is 0 Å². The van der Waals surface area contributed by atoms with Gasteiger partial charge in [-0.1, -0.05) is 23.7 Å². The minimum Gasteiger partial charge on any atom is -0.438 e. The zero-order valence-electron chi connectivity index (χ0n) is 13.4. The Balaban J connectivity index is 0.00000192. The van der Waals surface area contributed by atoms with E-state index in [-0.39, 0.29) is 12.4 Å². The number of halogens is 2. The van der Waals surface area contributed by atoms with Crippen molar-refractivity contribution in [1.29, 1.82) is 0 Å². The molecule has 0 aliphatic carbocycles. The molecule has 3 rings (SSSR count). The summed E-state index contributed by atoms with van der Waals surface area (Å²) >= 11 is 6.01. The highest BCUT2D eigenvalue weighted by Gasteiger charge is 2.46. The second-order valence-electron chi connectivity index (χ2n) is 6.29. The van der Waals surface area contributed by atoms with E-state index in [4.69, 9.17) is 16.3 Å². The van der Waals surface area contributed by atoms with Crippen LogP contribution in [0.4, 0.5) is 4.79 Å². The Hall–Kier alpha value is -0.970. The number of rotatable bonds is 3. The molecular formula is C17H23Cl2NO3. The topological polar surface area (TPSA) is 38.8 Å². The van der Waals surface area contributed by atoms with Crippen LogP contribution >= 0.6 is 24.0 Å². The molecule has 4 nitrogen and oxygen atoms in total. The van der Waals surface area contributed by atoms with Crippen LogP contribution in [0, 0.1) is 5.92 Å². The molecule has 0 spiro atoms. The van der Waals surface area contributed by atoms with Gasteiger partial charge >= 0.3 is 6.16 Å². The van der Waals surface area contributed by atoms with Crippen molar-refractivity contribution in [3.63, 3.8) is 0 Å². The second kappa shape index (κ2) is 7.73. The van der Waals surface area contributed by atoms with E-state index in [1.54, 1.807) is 0 Å². The predicted molar refractivity (Wildman–Crippen MR) is 92.5 cm³/mol. The quantitative estimate of drug-likeness (QED) is 0.761. The molecule has 23 heavy (non-hydrogen) atoms. The molecular weight excluding hydrogens is 337 g/mol. The van der Waals surface area contributed by atoms with E-state index < -0.39 is 6.16 Å². The van der Waals surface area contributed by atoms with Gasteiger partial charge in [0.25, 0.3) is 0 Å². The average Bonchev–Trinajstić information content (AvgIpc) is 2.77. The highest BCUT2D eigenvalue weighted by atomic mass is 35.5. The van der Waals surface area contributed by atoms with Gasteiger partial charge in [0.15, 0.2) is 0 Å². The van der Waals surface area contributed by atoms with Gasteiger partial charge < -0.3 is 14.4 Å². The summed E-state index contributed by atoms with van der Waals surface area (Å²) in [5, 5.41) is 0.752. The number of hydrogen-bond acceptors (Lipinski definition) is 4. The molecule has 2 aliphatic heterocycles. The molecule has 2 fully saturated rings. The summed E-state index contributed by atoms with van der Waals surface area (Å²) in [7, 11) is 3.53. The summed E-state index contributed by atoms with van der Waals surface area (Å²) in [6, 6.07) is 9.17. The number of benzene rings is 1. The molecule has 2 bridgehead atoms. The Kier molecular flexibility index (Phi) is 6.18. The van der Waals surface area contributed by atoms with E-state index in [1.807, 2.05) is 12.1 Å². The molecule has 6 heteroatoms. The molecule has 2 aliphatic rings. The van der Waals surface area contributed by atoms with Crippen molar-refractivity contribution in [3.8, 4) is 0 Å². The van der Waals surface area contributed by atoms with Gasteiger partial charge in [0.2, 0.25) is 0 Å². The average molecular weight is 360 g/mol. The first-order chi connectivity index (χ1) is 10.6. The summed E-state index contributed by atoms with van der Waals surface area (Å²) in [5.41, 5.74) is 1.29. The van der Waals surface area contributed by atoms with Crippen LogP contribution in [-0.4, -0.2) is 43.9 Å². The van der Waals surface area contributed by atoms with Crippen molar-refractivity contribution in [3.05, 3.63) is 34.9 Å². The third-order valence-corrected chi connectivity index (χ3v) is 5.54. The molecule has 0 amide bonds. The van der Waals surface area contributed by atoms with E-state index in [9.17, 15) is 4.79 Å². The normalized spacial score (nSPS) is 29.7. The van der Waals surface area contributed by atoms with Crippen LogP contribution in [0.2, 0.25) is 5.02 Å². The summed E-state index contributed by atoms with van der Waals surface area (Å²) < 4.78 is 9.90. The molecule has 1 aromatic rings. The first-order valence-electron chi connectivity index (χ1n) is 7.78. The number of carbonyl (C=O) groups is 1. The minimum atomic E-state index is -0.599. The Labute approximate surface area is 148 Å². The number of methoxy groups -OCH3 is 1. The molecule has 4 atom stereocenters. The second-order valence-corrected chi connectivity index (χ2v) is 6.72. The fourth-order valence-electron chi connectivity index (χ4n) is 4.12. The number of piperidine rings is 1. The first-order valence-corrected chi connectivity index (χ1v) is 8.16. The lowest BCUT2D eigenvalue weighted by molar-refractivity contribution is 0.0193. The summed E-state index contributed by atoms with van der Waals surface area (Å²) in [6.45, 7) is 0.404. The van der Waals surface area contributed by atoms with Gasteiger partial charge in [-0.3, -0.25) is 0 Å². The Morgan fingerprint density at radius 3 is 2.65 bits per heavy atom. The predicted octanol–water partition coefficient (Wildman–Crippen LogP) is 4.11. The van der Waals surface area contributed by atoms with Crippen molar-refractivity contribution in [1.82, 2.24) is 4.90 Å². The van der Waals surface area contributed by atoms with Crippen molar-refractivity contribution in [2.45, 2.75) is 37.3 Å². The van der Waals surface area contributed by atoms with Crippen LogP contribution in [0.1, 0.15) is 30.7 Å². The van der Waals surface area contributed by atoms with Gasteiger partial charge in [0, 0.05) is 23.0 Å². The lowest BCUT2D eigenvalue weighted by Gasteiger charge is -2.43. The molecule has 128 valence electrons. The first kappa shape index (κ1) is 18.4. The number of carbonyl (C=O) groups excluding carboxylic acids is 1. The fourth-order valence-corrected chi connectivity index (χ4v) is 4.25. The Morgan fingerprint density at radius 1 is 1.30 bits per heavy atom. The molecule has 0 aromatic heterocycles. The van der Waals surface area contributed by atoms with E-state index >= 15 is 0 Å². The van der Waals surface area contributed by atoms with Gasteiger partial charge in [-0.15, -0.1) is 12.4 Å². The smallest absolute Gasteiger partial charge is 0.438 e. The summed E-state index contributed by atoms with van der Waals surface area (Å²) in [5.74, 6) is 0.694. The maximum absolute atomic E-state index is 11.4. The van der Waals surface area contributed by atoms with Crippen LogP contribution in [0.15, 0.2) is 24.3 Å². The minimum absolute atomic E-state index is 0. The zero-order valence-corrected chi connectivity index (χ0v) is 15.0. The molecule has 0 radical (unpaired) electrons. The third-order valence-electron chi connectivity index (χ3n) is 5.29. The lowest BCUT2D eigenvalue weighted by atomic mass is 9.76. The lowest BCUT2D eigenvalue weighted by Crippen LogP contribution is -2.47. The summed E-state index contributed by atoms with van der Waals surface area (Å²) in [6.07, 6.45) is 2.89. The van der Waals surface area contributed by atoms with Gasteiger partial charge in [-0.25, -0.2) is 4.79 Å². The van der Waals surface area contributed by atoms with Crippen molar-refractivity contribution in [2.75, 3.05) is 20.8 Å². The van der Waals surface area contributed by atoms with Crippen molar-refractivity contribution in [2.24, 2.45) is 5.92 Å². The highest BCUT2D eigenvalue weighted by molar-refractivity contribution is 6.30. The number of fused-ring (bicyclic) bond motifs is 2. The van der Waals surface area contributed by atoms with Gasteiger partial charge in [-0.05, 0) is 49.9 Å². The summed E-state index contributed by atoms with van der Waals surface area (Å²) in [4.78, 5) is 13.8. The number of hydrogen-bond donors (Lipinski definition) is 0. The van der Waals surface area contributed by atoms with Crippen LogP contribution in [0.25, 0.3) is 0 Å². The molecule has 1 aromatic carbocycles. The molecule has 2 heterocycles. The third kappa shape index (κ3) is 3.76. The fraction of sp³-hybridized carbons (Fsp3) is 0.588. The van der Waals surface area contributed by atoms with Crippen LogP contribution in [0.3, 0.4) is 0 Å². The van der Waals surface area contributed by atoms with E-state index in [0.29, 0.717) is 30.5 Å². The number of ether oxygens (including phenoxy) is 2. The van der Waals surface area contributed by atoms with Crippen LogP contribution in [-0.2, 0) is 9.47 Å². The maximum atomic E-state index is 11.4. The van der Waals surface area contributed by atoms with E-state index in [1.165, 1.54) is 25.5 Å².